The minimum atomic E-state index is 0.636. The first kappa shape index (κ1) is 12.3. The Labute approximate surface area is 82.3 Å². The van der Waals surface area contributed by atoms with Crippen molar-refractivity contribution in [3.05, 3.63) is 0 Å². The minimum Gasteiger partial charge on any atom is -0.308 e. The van der Waals surface area contributed by atoms with Gasteiger partial charge < -0.3 is 4.90 Å². The number of nitrogens with zero attached hydrogens (tertiary/aromatic N) is 2. The van der Waals surface area contributed by atoms with Gasteiger partial charge in [-0.2, -0.15) is 12.6 Å². The summed E-state index contributed by atoms with van der Waals surface area (Å²) in [5, 5.41) is 0. The van der Waals surface area contributed by atoms with Crippen LogP contribution in [0.3, 0.4) is 0 Å². The average molecular weight is 190 g/mol. The zero-order valence-electron chi connectivity index (χ0n) is 8.75. The third kappa shape index (κ3) is 5.01. The normalized spacial score (nSPS) is 14.2. The third-order valence-corrected chi connectivity index (χ3v) is 2.25. The van der Waals surface area contributed by atoms with Crippen LogP contribution in [0.15, 0.2) is 0 Å². The Kier molecular flexibility index (Phi) is 6.90. The Morgan fingerprint density at radius 3 is 2.25 bits per heavy atom. The Balaban J connectivity index is 3.76. The molecule has 0 rings (SSSR count). The van der Waals surface area contributed by atoms with E-state index in [1.807, 2.05) is 0 Å². The first-order chi connectivity index (χ1) is 5.61. The van der Waals surface area contributed by atoms with Crippen molar-refractivity contribution in [1.82, 2.24) is 9.80 Å². The number of likely N-dealkylation sites (N-methyl/N-ethyl adjacent to an activating group) is 2. The highest BCUT2D eigenvalue weighted by atomic mass is 32.1. The molecule has 74 valence electrons. The molecule has 1 atom stereocenters. The fraction of sp³-hybridized carbons (Fsp3) is 1.00. The predicted molar refractivity (Wildman–Crippen MR) is 59.1 cm³/mol. The van der Waals surface area contributed by atoms with Crippen molar-refractivity contribution in [2.75, 3.05) is 39.5 Å². The van der Waals surface area contributed by atoms with Gasteiger partial charge in [0.25, 0.3) is 0 Å². The van der Waals surface area contributed by atoms with Gasteiger partial charge in [0.2, 0.25) is 0 Å². The van der Waals surface area contributed by atoms with E-state index in [1.54, 1.807) is 0 Å². The summed E-state index contributed by atoms with van der Waals surface area (Å²) < 4.78 is 0. The lowest BCUT2D eigenvalue weighted by atomic mass is 10.2. The molecule has 1 unspecified atom stereocenters. The van der Waals surface area contributed by atoms with Crippen LogP contribution in [0, 0.1) is 0 Å². The van der Waals surface area contributed by atoms with E-state index >= 15 is 0 Å². The van der Waals surface area contributed by atoms with Crippen LogP contribution in [0.5, 0.6) is 0 Å². The van der Waals surface area contributed by atoms with Gasteiger partial charge >= 0.3 is 0 Å². The van der Waals surface area contributed by atoms with E-state index in [0.717, 1.165) is 25.4 Å². The van der Waals surface area contributed by atoms with Crippen molar-refractivity contribution in [3.63, 3.8) is 0 Å². The summed E-state index contributed by atoms with van der Waals surface area (Å²) in [5.74, 6) is 0.950. The Morgan fingerprint density at radius 2 is 1.92 bits per heavy atom. The van der Waals surface area contributed by atoms with Gasteiger partial charge in [-0.25, -0.2) is 0 Å². The monoisotopic (exact) mass is 190 g/mol. The molecule has 0 N–H and O–H groups in total. The van der Waals surface area contributed by atoms with Crippen molar-refractivity contribution in [2.24, 2.45) is 0 Å². The largest absolute Gasteiger partial charge is 0.308 e. The lowest BCUT2D eigenvalue weighted by Gasteiger charge is -2.29. The van der Waals surface area contributed by atoms with E-state index in [4.69, 9.17) is 0 Å². The van der Waals surface area contributed by atoms with Crippen molar-refractivity contribution in [2.45, 2.75) is 19.9 Å². The predicted octanol–water partition coefficient (Wildman–Crippen LogP) is 1.19. The third-order valence-electron chi connectivity index (χ3n) is 2.05. The van der Waals surface area contributed by atoms with Crippen LogP contribution >= 0.6 is 12.6 Å². The van der Waals surface area contributed by atoms with Crippen LogP contribution in [0.25, 0.3) is 0 Å². The van der Waals surface area contributed by atoms with Gasteiger partial charge in [0.1, 0.15) is 0 Å². The second-order valence-corrected chi connectivity index (χ2v) is 3.91. The lowest BCUT2D eigenvalue weighted by molar-refractivity contribution is 0.191. The zero-order valence-corrected chi connectivity index (χ0v) is 9.64. The second-order valence-electron chi connectivity index (χ2n) is 3.46. The van der Waals surface area contributed by atoms with E-state index in [1.165, 1.54) is 0 Å². The molecule has 0 aromatic carbocycles. The molecular weight excluding hydrogens is 168 g/mol. The summed E-state index contributed by atoms with van der Waals surface area (Å²) in [6, 6.07) is 0.636. The molecule has 0 heterocycles. The quantitative estimate of drug-likeness (QED) is 0.629. The lowest BCUT2D eigenvalue weighted by Crippen LogP contribution is -2.40. The van der Waals surface area contributed by atoms with Crippen LogP contribution in [0.2, 0.25) is 0 Å². The van der Waals surface area contributed by atoms with Gasteiger partial charge in [-0.15, -0.1) is 0 Å². The topological polar surface area (TPSA) is 6.48 Å². The Bertz CT molecular complexity index is 107. The van der Waals surface area contributed by atoms with Crippen LogP contribution in [-0.2, 0) is 0 Å². The second kappa shape index (κ2) is 6.75. The molecule has 0 aliphatic rings. The molecule has 0 amide bonds. The highest BCUT2D eigenvalue weighted by Crippen LogP contribution is 1.99. The summed E-state index contributed by atoms with van der Waals surface area (Å²) in [5.41, 5.74) is 0. The Morgan fingerprint density at radius 1 is 1.33 bits per heavy atom. The maximum Gasteiger partial charge on any atom is 0.0194 e. The Hall–Kier alpha value is 0.270. The molecule has 0 radical (unpaired) electrons. The molecule has 0 saturated heterocycles. The van der Waals surface area contributed by atoms with Crippen LogP contribution in [-0.4, -0.2) is 55.3 Å². The fourth-order valence-corrected chi connectivity index (χ4v) is 1.72. The van der Waals surface area contributed by atoms with E-state index in [9.17, 15) is 0 Å². The maximum absolute atomic E-state index is 4.24. The van der Waals surface area contributed by atoms with E-state index in [-0.39, 0.29) is 0 Å². The molecule has 0 aliphatic carbocycles. The van der Waals surface area contributed by atoms with Gasteiger partial charge in [0.15, 0.2) is 0 Å². The first-order valence-corrected chi connectivity index (χ1v) is 5.24. The van der Waals surface area contributed by atoms with Crippen molar-refractivity contribution in [3.8, 4) is 0 Å². The number of hydrogen-bond donors (Lipinski definition) is 1. The number of hydrogen-bond acceptors (Lipinski definition) is 3. The highest BCUT2D eigenvalue weighted by Gasteiger charge is 2.10. The van der Waals surface area contributed by atoms with Gasteiger partial charge in [-0.3, -0.25) is 4.90 Å². The van der Waals surface area contributed by atoms with Crippen LogP contribution < -0.4 is 0 Å². The summed E-state index contributed by atoms with van der Waals surface area (Å²) in [6.07, 6.45) is 0. The van der Waals surface area contributed by atoms with E-state index in [2.05, 4.69) is 50.4 Å². The zero-order chi connectivity index (χ0) is 9.56. The van der Waals surface area contributed by atoms with Gasteiger partial charge in [-0.05, 0) is 27.6 Å². The molecule has 0 spiro atoms. The van der Waals surface area contributed by atoms with Gasteiger partial charge in [0.05, 0.1) is 0 Å². The molecule has 0 saturated carbocycles. The highest BCUT2D eigenvalue weighted by molar-refractivity contribution is 7.80. The van der Waals surface area contributed by atoms with Crippen LogP contribution in [0.4, 0.5) is 0 Å². The smallest absolute Gasteiger partial charge is 0.0194 e. The molecule has 0 fully saturated rings. The SMILES string of the molecule is CCN(CCS)C(C)CN(C)C. The summed E-state index contributed by atoms with van der Waals surface area (Å²) in [4.78, 5) is 4.68. The molecule has 12 heavy (non-hydrogen) atoms. The number of rotatable bonds is 6. The molecule has 0 aromatic heterocycles. The molecule has 0 aromatic rings. The summed E-state index contributed by atoms with van der Waals surface area (Å²) in [7, 11) is 4.23. The minimum absolute atomic E-state index is 0.636. The maximum atomic E-state index is 4.24. The standard InChI is InChI=1S/C9H22N2S/c1-5-11(6-7-12)9(2)8-10(3)4/h9,12H,5-8H2,1-4H3. The van der Waals surface area contributed by atoms with Crippen LogP contribution in [0.1, 0.15) is 13.8 Å². The fourth-order valence-electron chi connectivity index (χ4n) is 1.46. The van der Waals surface area contributed by atoms with Crippen molar-refractivity contribution >= 4 is 12.6 Å². The average Bonchev–Trinajstić information content (AvgIpc) is 1.98. The van der Waals surface area contributed by atoms with Gasteiger partial charge in [0, 0.05) is 24.9 Å². The molecule has 0 bridgehead atoms. The summed E-state index contributed by atoms with van der Waals surface area (Å²) in [6.45, 7) is 7.81. The molecule has 0 aliphatic heterocycles. The van der Waals surface area contributed by atoms with E-state index < -0.39 is 0 Å². The molecule has 2 nitrogen and oxygen atoms in total. The first-order valence-electron chi connectivity index (χ1n) is 4.61. The van der Waals surface area contributed by atoms with E-state index in [0.29, 0.717) is 6.04 Å². The summed E-state index contributed by atoms with van der Waals surface area (Å²) >= 11 is 4.24. The molecule has 3 heteroatoms. The van der Waals surface area contributed by atoms with Crippen molar-refractivity contribution in [1.29, 1.82) is 0 Å². The van der Waals surface area contributed by atoms with Crippen molar-refractivity contribution < 1.29 is 0 Å². The molecular formula is C9H22N2S. The van der Waals surface area contributed by atoms with Gasteiger partial charge in [-0.1, -0.05) is 6.92 Å². The number of thiol groups is 1.